The summed E-state index contributed by atoms with van der Waals surface area (Å²) < 4.78 is 16.8. The summed E-state index contributed by atoms with van der Waals surface area (Å²) in [7, 11) is 0. The van der Waals surface area contributed by atoms with Crippen LogP contribution in [0.2, 0.25) is 0 Å². The first-order chi connectivity index (χ1) is 18.3. The van der Waals surface area contributed by atoms with E-state index in [1.165, 1.54) is 0 Å². The Bertz CT molecular complexity index is 1250. The maximum atomic E-state index is 12.7. The Morgan fingerprint density at radius 3 is 2.63 bits per heavy atom. The van der Waals surface area contributed by atoms with Gasteiger partial charge in [-0.25, -0.2) is 4.79 Å². The number of fused-ring (bicyclic) bond motifs is 3. The van der Waals surface area contributed by atoms with Gasteiger partial charge in [0.1, 0.15) is 17.4 Å². The zero-order chi connectivity index (χ0) is 27.2. The van der Waals surface area contributed by atoms with Crippen LogP contribution in [0.3, 0.4) is 0 Å². The second kappa shape index (κ2) is 12.4. The number of ether oxygens (including phenoxy) is 2. The van der Waals surface area contributed by atoms with Crippen LogP contribution in [0, 0.1) is 12.8 Å². The monoisotopic (exact) mass is 527 g/mol. The van der Waals surface area contributed by atoms with Crippen molar-refractivity contribution in [2.75, 3.05) is 26.3 Å². The zero-order valence-electron chi connectivity index (χ0n) is 22.3. The largest absolute Gasteiger partial charge is 0.483 e. The molecule has 1 saturated heterocycles. The van der Waals surface area contributed by atoms with E-state index in [9.17, 15) is 19.2 Å². The molecule has 1 aromatic heterocycles. The molecule has 38 heavy (non-hydrogen) atoms. The van der Waals surface area contributed by atoms with Gasteiger partial charge in [-0.3, -0.25) is 14.4 Å². The summed E-state index contributed by atoms with van der Waals surface area (Å²) in [6.45, 7) is 6.14. The number of amides is 3. The van der Waals surface area contributed by atoms with Crippen LogP contribution in [-0.4, -0.2) is 56.2 Å². The molecule has 2 aliphatic rings. The second-order valence-electron chi connectivity index (χ2n) is 10.1. The molecule has 0 saturated carbocycles. The third-order valence-corrected chi connectivity index (χ3v) is 7.49. The smallest absolute Gasteiger partial charge is 0.339 e. The standard InChI is InChI=1S/C28H37N3O7/c1-4-16(2)25(27(34)30-13-18-7-6-12-36-18)31-23(32)14-29-24(33)15-37-22-11-10-20-19-8-5-9-21(19)28(35)38-26(20)17(22)3/h10-11,16,18,25H,4-9,12-15H2,1-3H3,(H,29,33)(H,30,34)(H,31,32). The Morgan fingerprint density at radius 1 is 1.11 bits per heavy atom. The molecule has 1 fully saturated rings. The summed E-state index contributed by atoms with van der Waals surface area (Å²) in [5.41, 5.74) is 2.59. The van der Waals surface area contributed by atoms with Gasteiger partial charge in [-0.1, -0.05) is 20.3 Å². The summed E-state index contributed by atoms with van der Waals surface area (Å²) in [5.74, 6) is -0.870. The average Bonchev–Trinajstić information content (AvgIpc) is 3.62. The van der Waals surface area contributed by atoms with Crippen molar-refractivity contribution in [3.63, 3.8) is 0 Å². The summed E-state index contributed by atoms with van der Waals surface area (Å²) in [4.78, 5) is 50.0. The van der Waals surface area contributed by atoms with Crippen LogP contribution in [0.15, 0.2) is 21.3 Å². The number of hydrogen-bond donors (Lipinski definition) is 3. The summed E-state index contributed by atoms with van der Waals surface area (Å²) >= 11 is 0. The van der Waals surface area contributed by atoms with Crippen molar-refractivity contribution < 1.29 is 28.3 Å². The molecule has 2 heterocycles. The topological polar surface area (TPSA) is 136 Å². The van der Waals surface area contributed by atoms with Gasteiger partial charge in [0.25, 0.3) is 5.91 Å². The molecule has 10 heteroatoms. The molecule has 3 unspecified atom stereocenters. The van der Waals surface area contributed by atoms with E-state index in [0.29, 0.717) is 36.5 Å². The average molecular weight is 528 g/mol. The predicted octanol–water partition coefficient (Wildman–Crippen LogP) is 1.91. The van der Waals surface area contributed by atoms with Crippen LogP contribution in [0.5, 0.6) is 5.75 Å². The highest BCUT2D eigenvalue weighted by atomic mass is 16.5. The van der Waals surface area contributed by atoms with Gasteiger partial charge in [0, 0.05) is 29.7 Å². The highest BCUT2D eigenvalue weighted by molar-refractivity contribution is 5.90. The fourth-order valence-corrected chi connectivity index (χ4v) is 5.05. The second-order valence-corrected chi connectivity index (χ2v) is 10.1. The number of aryl methyl sites for hydroxylation is 2. The van der Waals surface area contributed by atoms with E-state index in [-0.39, 0.29) is 36.7 Å². The number of carbonyl (C=O) groups excluding carboxylic acids is 3. The molecule has 206 valence electrons. The molecule has 1 aliphatic heterocycles. The van der Waals surface area contributed by atoms with Crippen molar-refractivity contribution >= 4 is 28.7 Å². The molecule has 1 aromatic carbocycles. The normalized spacial score (nSPS) is 18.0. The van der Waals surface area contributed by atoms with Gasteiger partial charge in [0.15, 0.2) is 6.61 Å². The quantitative estimate of drug-likeness (QED) is 0.380. The van der Waals surface area contributed by atoms with Gasteiger partial charge in [-0.2, -0.15) is 0 Å². The lowest BCUT2D eigenvalue weighted by molar-refractivity contribution is -0.131. The van der Waals surface area contributed by atoms with E-state index in [2.05, 4.69) is 16.0 Å². The first kappa shape index (κ1) is 27.6. The van der Waals surface area contributed by atoms with Crippen LogP contribution in [-0.2, 0) is 32.0 Å². The SMILES string of the molecule is CCC(C)C(NC(=O)CNC(=O)COc1ccc2c3c(c(=O)oc2c1C)CCC3)C(=O)NCC1CCCO1. The minimum atomic E-state index is -0.710. The Kier molecular flexibility index (Phi) is 9.04. The molecule has 3 amide bonds. The van der Waals surface area contributed by atoms with Gasteiger partial charge in [-0.05, 0) is 62.6 Å². The first-order valence-electron chi connectivity index (χ1n) is 13.4. The van der Waals surface area contributed by atoms with E-state index < -0.39 is 17.9 Å². The fraction of sp³-hybridized carbons (Fsp3) is 0.571. The Morgan fingerprint density at radius 2 is 1.89 bits per heavy atom. The molecule has 0 radical (unpaired) electrons. The van der Waals surface area contributed by atoms with Crippen LogP contribution in [0.4, 0.5) is 0 Å². The van der Waals surface area contributed by atoms with Crippen molar-refractivity contribution in [2.24, 2.45) is 5.92 Å². The van der Waals surface area contributed by atoms with Gasteiger partial charge in [0.05, 0.1) is 12.6 Å². The van der Waals surface area contributed by atoms with Crippen molar-refractivity contribution in [3.05, 3.63) is 39.2 Å². The number of benzene rings is 1. The molecule has 3 N–H and O–H groups in total. The lowest BCUT2D eigenvalue weighted by Crippen LogP contribution is -2.53. The number of nitrogens with one attached hydrogen (secondary N) is 3. The highest BCUT2D eigenvalue weighted by Gasteiger charge is 2.27. The maximum Gasteiger partial charge on any atom is 0.339 e. The van der Waals surface area contributed by atoms with Crippen LogP contribution in [0.25, 0.3) is 11.0 Å². The van der Waals surface area contributed by atoms with E-state index in [1.807, 2.05) is 19.9 Å². The first-order valence-corrected chi connectivity index (χ1v) is 13.4. The minimum Gasteiger partial charge on any atom is -0.483 e. The summed E-state index contributed by atoms with van der Waals surface area (Å²) in [6, 6.07) is 2.91. The van der Waals surface area contributed by atoms with E-state index >= 15 is 0 Å². The van der Waals surface area contributed by atoms with Crippen LogP contribution < -0.4 is 26.3 Å². The molecule has 0 spiro atoms. The molecule has 1 aliphatic carbocycles. The predicted molar refractivity (Wildman–Crippen MR) is 141 cm³/mol. The van der Waals surface area contributed by atoms with Crippen molar-refractivity contribution in [1.82, 2.24) is 16.0 Å². The third kappa shape index (κ3) is 6.35. The van der Waals surface area contributed by atoms with Crippen molar-refractivity contribution in [2.45, 2.75) is 71.4 Å². The van der Waals surface area contributed by atoms with Crippen molar-refractivity contribution in [1.29, 1.82) is 0 Å². The highest BCUT2D eigenvalue weighted by Crippen LogP contribution is 2.32. The van der Waals surface area contributed by atoms with E-state index in [1.54, 1.807) is 13.0 Å². The van der Waals surface area contributed by atoms with Crippen molar-refractivity contribution in [3.8, 4) is 5.75 Å². The molecular weight excluding hydrogens is 490 g/mol. The fourth-order valence-electron chi connectivity index (χ4n) is 5.05. The molecular formula is C28H37N3O7. The molecule has 0 bridgehead atoms. The molecule has 3 atom stereocenters. The molecule has 2 aromatic rings. The summed E-state index contributed by atoms with van der Waals surface area (Å²) in [5, 5.41) is 9.04. The van der Waals surface area contributed by atoms with Crippen LogP contribution >= 0.6 is 0 Å². The third-order valence-electron chi connectivity index (χ3n) is 7.49. The van der Waals surface area contributed by atoms with Gasteiger partial charge >= 0.3 is 5.63 Å². The minimum absolute atomic E-state index is 0.00888. The van der Waals surface area contributed by atoms with E-state index in [0.717, 1.165) is 48.6 Å². The Balaban J connectivity index is 1.28. The lowest BCUT2D eigenvalue weighted by Gasteiger charge is -2.24. The Labute approximate surface area is 221 Å². The number of rotatable bonds is 11. The molecule has 10 nitrogen and oxygen atoms in total. The van der Waals surface area contributed by atoms with Gasteiger partial charge in [0.2, 0.25) is 11.8 Å². The van der Waals surface area contributed by atoms with E-state index in [4.69, 9.17) is 13.9 Å². The number of hydrogen-bond acceptors (Lipinski definition) is 7. The zero-order valence-corrected chi connectivity index (χ0v) is 22.3. The lowest BCUT2D eigenvalue weighted by atomic mass is 9.98. The van der Waals surface area contributed by atoms with Crippen LogP contribution in [0.1, 0.15) is 56.2 Å². The molecule has 4 rings (SSSR count). The summed E-state index contributed by atoms with van der Waals surface area (Å²) in [6.07, 6.45) is 5.11. The Hall–Kier alpha value is -3.40. The van der Waals surface area contributed by atoms with Gasteiger partial charge < -0.3 is 29.8 Å². The van der Waals surface area contributed by atoms with Gasteiger partial charge in [-0.15, -0.1) is 0 Å². The maximum absolute atomic E-state index is 12.7. The number of carbonyl (C=O) groups is 3.